The Kier molecular flexibility index (Phi) is 6.09. The van der Waals surface area contributed by atoms with Crippen molar-refractivity contribution in [1.29, 1.82) is 0 Å². The van der Waals surface area contributed by atoms with Crippen LogP contribution in [0.2, 0.25) is 0 Å². The summed E-state index contributed by atoms with van der Waals surface area (Å²) in [4.78, 5) is 7.78. The van der Waals surface area contributed by atoms with Gasteiger partial charge in [-0.25, -0.2) is 0 Å². The summed E-state index contributed by atoms with van der Waals surface area (Å²) >= 11 is 0. The van der Waals surface area contributed by atoms with E-state index < -0.39 is 0 Å². The van der Waals surface area contributed by atoms with Gasteiger partial charge >= 0.3 is 0 Å². The molecule has 0 fully saturated rings. The molecule has 1 aromatic rings. The Labute approximate surface area is 101 Å². The Morgan fingerprint density at radius 1 is 1.18 bits per heavy atom. The molecule has 0 saturated carbocycles. The minimum Gasteiger partial charge on any atom is -0.479 e. The van der Waals surface area contributed by atoms with Crippen molar-refractivity contribution in [1.82, 2.24) is 9.97 Å². The van der Waals surface area contributed by atoms with Crippen molar-refractivity contribution >= 4 is 5.69 Å². The third-order valence-electron chi connectivity index (χ3n) is 2.11. The molecule has 1 rings (SSSR count). The molecule has 0 amide bonds. The second-order valence-corrected chi connectivity index (χ2v) is 3.42. The first kappa shape index (κ1) is 13.5. The summed E-state index contributed by atoms with van der Waals surface area (Å²) in [5, 5.41) is 0. The molecule has 0 saturated heterocycles. The van der Waals surface area contributed by atoms with Gasteiger partial charge in [0.05, 0.1) is 13.7 Å². The number of methoxy groups -OCH3 is 1. The molecule has 0 bridgehead atoms. The van der Waals surface area contributed by atoms with Crippen LogP contribution in [-0.4, -0.2) is 36.9 Å². The van der Waals surface area contributed by atoms with Crippen LogP contribution in [0.5, 0.6) is 11.8 Å². The van der Waals surface area contributed by atoms with Gasteiger partial charge in [0, 0.05) is 6.61 Å². The van der Waals surface area contributed by atoms with Gasteiger partial charge in [-0.2, -0.15) is 9.97 Å². The Hall–Kier alpha value is -1.56. The second-order valence-electron chi connectivity index (χ2n) is 3.42. The van der Waals surface area contributed by atoms with Crippen LogP contribution in [0.25, 0.3) is 0 Å². The third-order valence-corrected chi connectivity index (χ3v) is 2.11. The molecule has 0 spiro atoms. The maximum absolute atomic E-state index is 5.74. The van der Waals surface area contributed by atoms with E-state index >= 15 is 0 Å². The number of aromatic nitrogens is 2. The van der Waals surface area contributed by atoms with Crippen molar-refractivity contribution in [2.75, 3.05) is 32.7 Å². The number of hydrogen-bond donors (Lipinski definition) is 1. The number of hydrogen-bond acceptors (Lipinski definition) is 6. The number of nitrogen functional groups attached to an aromatic ring is 1. The zero-order valence-electron chi connectivity index (χ0n) is 10.3. The van der Waals surface area contributed by atoms with Gasteiger partial charge in [0.15, 0.2) is 5.69 Å². The van der Waals surface area contributed by atoms with E-state index in [1.54, 1.807) is 0 Å². The van der Waals surface area contributed by atoms with Crippen LogP contribution in [0.4, 0.5) is 5.69 Å². The van der Waals surface area contributed by atoms with Crippen molar-refractivity contribution in [3.63, 3.8) is 0 Å². The maximum atomic E-state index is 5.74. The van der Waals surface area contributed by atoms with Crippen molar-refractivity contribution in [2.45, 2.75) is 19.8 Å². The number of nitrogens with two attached hydrogens (primary N) is 1. The molecule has 6 nitrogen and oxygen atoms in total. The summed E-state index contributed by atoms with van der Waals surface area (Å²) in [6, 6.07) is 0. The molecule has 1 aromatic heterocycles. The Morgan fingerprint density at radius 3 is 2.65 bits per heavy atom. The molecule has 96 valence electrons. The monoisotopic (exact) mass is 241 g/mol. The molecular weight excluding hydrogens is 222 g/mol. The van der Waals surface area contributed by atoms with Crippen LogP contribution >= 0.6 is 0 Å². The zero-order valence-corrected chi connectivity index (χ0v) is 10.3. The van der Waals surface area contributed by atoms with Gasteiger partial charge in [0.25, 0.3) is 0 Å². The topological polar surface area (TPSA) is 79.5 Å². The lowest BCUT2D eigenvalue weighted by atomic mass is 10.4. The molecular formula is C11H19N3O3. The largest absolute Gasteiger partial charge is 0.479 e. The molecule has 1 heterocycles. The third kappa shape index (κ3) is 4.44. The SMILES string of the molecule is CCCCOCCOc1ncnc(OC)c1N. The average molecular weight is 241 g/mol. The summed E-state index contributed by atoms with van der Waals surface area (Å²) in [7, 11) is 1.50. The highest BCUT2D eigenvalue weighted by atomic mass is 16.5. The highest BCUT2D eigenvalue weighted by Gasteiger charge is 2.08. The molecule has 0 aliphatic rings. The molecule has 6 heteroatoms. The number of unbranched alkanes of at least 4 members (excludes halogenated alkanes) is 1. The molecule has 0 unspecified atom stereocenters. The predicted octanol–water partition coefficient (Wildman–Crippen LogP) is 1.26. The predicted molar refractivity (Wildman–Crippen MR) is 64.2 cm³/mol. The summed E-state index contributed by atoms with van der Waals surface area (Å²) in [6.07, 6.45) is 3.53. The Morgan fingerprint density at radius 2 is 1.94 bits per heavy atom. The summed E-state index contributed by atoms with van der Waals surface area (Å²) in [5.74, 6) is 0.651. The lowest BCUT2D eigenvalue weighted by Gasteiger charge is -2.09. The van der Waals surface area contributed by atoms with E-state index in [-0.39, 0.29) is 0 Å². The molecule has 2 N–H and O–H groups in total. The van der Waals surface area contributed by atoms with E-state index in [0.29, 0.717) is 30.7 Å². The molecule has 0 aliphatic heterocycles. The number of anilines is 1. The van der Waals surface area contributed by atoms with E-state index in [1.165, 1.54) is 13.4 Å². The van der Waals surface area contributed by atoms with Crippen LogP contribution in [0.15, 0.2) is 6.33 Å². The lowest BCUT2D eigenvalue weighted by molar-refractivity contribution is 0.0966. The van der Waals surface area contributed by atoms with E-state index in [1.807, 2.05) is 0 Å². The average Bonchev–Trinajstić information content (AvgIpc) is 2.35. The van der Waals surface area contributed by atoms with Gasteiger partial charge in [0.2, 0.25) is 11.8 Å². The van der Waals surface area contributed by atoms with Crippen molar-refractivity contribution in [2.24, 2.45) is 0 Å². The first-order chi connectivity index (χ1) is 8.29. The maximum Gasteiger partial charge on any atom is 0.244 e. The normalized spacial score (nSPS) is 10.2. The minimum absolute atomic E-state index is 0.309. The van der Waals surface area contributed by atoms with Gasteiger partial charge in [-0.1, -0.05) is 13.3 Å². The summed E-state index contributed by atoms with van der Waals surface area (Å²) < 4.78 is 15.7. The van der Waals surface area contributed by atoms with Gasteiger partial charge in [-0.3, -0.25) is 0 Å². The van der Waals surface area contributed by atoms with E-state index in [9.17, 15) is 0 Å². The molecule has 0 atom stereocenters. The second kappa shape index (κ2) is 7.67. The van der Waals surface area contributed by atoms with E-state index in [2.05, 4.69) is 16.9 Å². The number of nitrogens with zero attached hydrogens (tertiary/aromatic N) is 2. The van der Waals surface area contributed by atoms with E-state index in [4.69, 9.17) is 19.9 Å². The quantitative estimate of drug-likeness (QED) is 0.690. The molecule has 0 radical (unpaired) electrons. The highest BCUT2D eigenvalue weighted by molar-refractivity contribution is 5.55. The van der Waals surface area contributed by atoms with Crippen molar-refractivity contribution < 1.29 is 14.2 Å². The lowest BCUT2D eigenvalue weighted by Crippen LogP contribution is -2.10. The zero-order chi connectivity index (χ0) is 12.5. The molecule has 0 aromatic carbocycles. The van der Waals surface area contributed by atoms with Crippen LogP contribution in [0, 0.1) is 0 Å². The van der Waals surface area contributed by atoms with Crippen LogP contribution in [0.1, 0.15) is 19.8 Å². The Balaban J connectivity index is 2.31. The molecule has 0 aliphatic carbocycles. The van der Waals surface area contributed by atoms with Gasteiger partial charge < -0.3 is 19.9 Å². The smallest absolute Gasteiger partial charge is 0.244 e. The van der Waals surface area contributed by atoms with Gasteiger partial charge in [0.1, 0.15) is 12.9 Å². The first-order valence-electron chi connectivity index (χ1n) is 5.64. The van der Waals surface area contributed by atoms with Gasteiger partial charge in [-0.15, -0.1) is 0 Å². The van der Waals surface area contributed by atoms with Crippen molar-refractivity contribution in [3.8, 4) is 11.8 Å². The van der Waals surface area contributed by atoms with E-state index in [0.717, 1.165) is 19.4 Å². The van der Waals surface area contributed by atoms with Crippen LogP contribution in [0.3, 0.4) is 0 Å². The fourth-order valence-corrected chi connectivity index (χ4v) is 1.19. The fourth-order valence-electron chi connectivity index (χ4n) is 1.19. The molecule has 17 heavy (non-hydrogen) atoms. The first-order valence-corrected chi connectivity index (χ1v) is 5.64. The standard InChI is InChI=1S/C11H19N3O3/c1-3-4-5-16-6-7-17-11-9(12)10(15-2)13-8-14-11/h8H,3-7,12H2,1-2H3. The van der Waals surface area contributed by atoms with Gasteiger partial charge in [-0.05, 0) is 6.42 Å². The van der Waals surface area contributed by atoms with Crippen LogP contribution < -0.4 is 15.2 Å². The Bertz CT molecular complexity index is 334. The number of ether oxygens (including phenoxy) is 3. The fraction of sp³-hybridized carbons (Fsp3) is 0.636. The summed E-state index contributed by atoms with van der Waals surface area (Å²) in [6.45, 7) is 3.80. The van der Waals surface area contributed by atoms with Crippen LogP contribution in [-0.2, 0) is 4.74 Å². The minimum atomic E-state index is 0.309. The highest BCUT2D eigenvalue weighted by Crippen LogP contribution is 2.25. The summed E-state index contributed by atoms with van der Waals surface area (Å²) in [5.41, 5.74) is 6.05. The van der Waals surface area contributed by atoms with Crippen molar-refractivity contribution in [3.05, 3.63) is 6.33 Å². The number of rotatable bonds is 8.